The van der Waals surface area contributed by atoms with E-state index in [0.717, 1.165) is 24.0 Å². The Morgan fingerprint density at radius 3 is 2.32 bits per heavy atom. The molecule has 2 saturated carbocycles. The van der Waals surface area contributed by atoms with E-state index in [0.29, 0.717) is 25.7 Å². The first-order valence-corrected chi connectivity index (χ1v) is 10.8. The number of hydrogen-bond donors (Lipinski definition) is 1. The predicted molar refractivity (Wildman–Crippen MR) is 118 cm³/mol. The lowest BCUT2D eigenvalue weighted by molar-refractivity contribution is -0.0308. The second-order valence-electron chi connectivity index (χ2n) is 8.62. The molecule has 3 aromatic rings. The van der Waals surface area contributed by atoms with Gasteiger partial charge >= 0.3 is 5.69 Å². The third-order valence-corrected chi connectivity index (χ3v) is 6.69. The third-order valence-electron chi connectivity index (χ3n) is 6.69. The first-order chi connectivity index (χ1) is 15.2. The fourth-order valence-corrected chi connectivity index (χ4v) is 5.07. The lowest BCUT2D eigenvalue weighted by Crippen LogP contribution is -2.33. The molecule has 1 heterocycles. The Morgan fingerprint density at radius 2 is 1.65 bits per heavy atom. The average Bonchev–Trinajstić information content (AvgIpc) is 3.42. The fraction of sp³-hybridized carbons (Fsp3) is 0.360. The number of fused-ring (bicyclic) bond motifs is 1. The van der Waals surface area contributed by atoms with Crippen molar-refractivity contribution in [2.24, 2.45) is 11.8 Å². The molecule has 6 nitrogen and oxygen atoms in total. The van der Waals surface area contributed by atoms with E-state index < -0.39 is 0 Å². The average molecular weight is 418 g/mol. The molecule has 0 unspecified atom stereocenters. The summed E-state index contributed by atoms with van der Waals surface area (Å²) in [5.74, 6) is 0.830. The number of ether oxygens (including phenoxy) is 2. The molecule has 2 aliphatic carbocycles. The van der Waals surface area contributed by atoms with Crippen LogP contribution in [-0.2, 0) is 28.2 Å². The van der Waals surface area contributed by atoms with Crippen LogP contribution in [0.25, 0.3) is 0 Å². The highest BCUT2D eigenvalue weighted by atomic mass is 16.5. The van der Waals surface area contributed by atoms with Crippen molar-refractivity contribution in [2.75, 3.05) is 12.3 Å². The van der Waals surface area contributed by atoms with Gasteiger partial charge < -0.3 is 15.2 Å². The minimum Gasteiger partial charge on any atom is -0.383 e. The van der Waals surface area contributed by atoms with Crippen LogP contribution < -0.4 is 11.4 Å². The van der Waals surface area contributed by atoms with Crippen molar-refractivity contribution in [3.63, 3.8) is 0 Å². The Labute approximate surface area is 181 Å². The minimum absolute atomic E-state index is 0.0270. The smallest absolute Gasteiger partial charge is 0.350 e. The van der Waals surface area contributed by atoms with Crippen molar-refractivity contribution in [2.45, 2.75) is 37.7 Å². The van der Waals surface area contributed by atoms with E-state index in [1.54, 1.807) is 16.8 Å². The molecule has 31 heavy (non-hydrogen) atoms. The Morgan fingerprint density at radius 1 is 0.968 bits per heavy atom. The molecule has 0 saturated heterocycles. The molecule has 2 aliphatic rings. The number of rotatable bonds is 8. The van der Waals surface area contributed by atoms with Crippen LogP contribution in [0.5, 0.6) is 0 Å². The Balaban J connectivity index is 1.32. The van der Waals surface area contributed by atoms with Gasteiger partial charge in [-0.15, -0.1) is 0 Å². The summed E-state index contributed by atoms with van der Waals surface area (Å²) in [6.45, 7) is 1.74. The quantitative estimate of drug-likeness (QED) is 0.608. The van der Waals surface area contributed by atoms with Crippen LogP contribution in [0.2, 0.25) is 0 Å². The zero-order valence-corrected chi connectivity index (χ0v) is 17.4. The first-order valence-electron chi connectivity index (χ1n) is 10.8. The second kappa shape index (κ2) is 8.29. The number of nitrogens with zero attached hydrogens (tertiary/aromatic N) is 2. The number of hydrogen-bond acceptors (Lipinski definition) is 5. The summed E-state index contributed by atoms with van der Waals surface area (Å²) >= 11 is 0. The number of benzene rings is 2. The molecule has 4 atom stereocenters. The monoisotopic (exact) mass is 417 g/mol. The van der Waals surface area contributed by atoms with Gasteiger partial charge in [-0.25, -0.2) is 4.79 Å². The van der Waals surface area contributed by atoms with Gasteiger partial charge in [0.1, 0.15) is 5.82 Å². The van der Waals surface area contributed by atoms with Crippen molar-refractivity contribution in [1.82, 2.24) is 9.55 Å². The van der Waals surface area contributed by atoms with Crippen LogP contribution >= 0.6 is 0 Å². The van der Waals surface area contributed by atoms with Crippen LogP contribution in [0.3, 0.4) is 0 Å². The van der Waals surface area contributed by atoms with Gasteiger partial charge in [0, 0.05) is 12.1 Å². The molecular formula is C25H27N3O3. The summed E-state index contributed by atoms with van der Waals surface area (Å²) in [6.07, 6.45) is 3.55. The van der Waals surface area contributed by atoms with Crippen LogP contribution in [0.4, 0.5) is 5.82 Å². The van der Waals surface area contributed by atoms with Gasteiger partial charge in [0.15, 0.2) is 0 Å². The highest BCUT2D eigenvalue weighted by Crippen LogP contribution is 2.64. The molecule has 6 heteroatoms. The van der Waals surface area contributed by atoms with Crippen molar-refractivity contribution >= 4 is 5.82 Å². The highest BCUT2D eigenvalue weighted by molar-refractivity contribution is 5.27. The van der Waals surface area contributed by atoms with Crippen LogP contribution in [0.1, 0.15) is 24.0 Å². The molecular weight excluding hydrogens is 390 g/mol. The molecule has 160 valence electrons. The number of aromatic nitrogens is 2. The summed E-state index contributed by atoms with van der Waals surface area (Å²) in [7, 11) is 0. The van der Waals surface area contributed by atoms with Gasteiger partial charge in [0.2, 0.25) is 0 Å². The highest BCUT2D eigenvalue weighted by Gasteiger charge is 2.67. The van der Waals surface area contributed by atoms with E-state index >= 15 is 0 Å². The Bertz CT molecular complexity index is 1090. The molecule has 2 fully saturated rings. The summed E-state index contributed by atoms with van der Waals surface area (Å²) < 4.78 is 14.3. The van der Waals surface area contributed by atoms with E-state index in [-0.39, 0.29) is 29.1 Å². The van der Waals surface area contributed by atoms with Gasteiger partial charge in [-0.3, -0.25) is 4.57 Å². The molecule has 0 amide bonds. The molecule has 0 radical (unpaired) electrons. The summed E-state index contributed by atoms with van der Waals surface area (Å²) in [5.41, 5.74) is 7.48. The fourth-order valence-electron chi connectivity index (χ4n) is 5.07. The standard InChI is InChI=1S/C25H27N3O3/c26-23-11-12-28(24(29)27-23)25-13-21(25)20(17-30-15-18-7-3-1-4-8-18)22(14-25)31-16-19-9-5-2-6-10-19/h1-12,20-22H,13-17H2,(H2,26,27,29)/t20-,21-,22-,25-/m0/s1. The van der Waals surface area contributed by atoms with Crippen molar-refractivity contribution in [1.29, 1.82) is 0 Å². The number of nitrogens with two attached hydrogens (primary N) is 1. The Hall–Kier alpha value is -2.96. The summed E-state index contributed by atoms with van der Waals surface area (Å²) in [6, 6.07) is 22.1. The zero-order chi connectivity index (χ0) is 21.3. The van der Waals surface area contributed by atoms with Crippen LogP contribution in [0.15, 0.2) is 77.7 Å². The van der Waals surface area contributed by atoms with Gasteiger partial charge in [-0.2, -0.15) is 4.98 Å². The van der Waals surface area contributed by atoms with E-state index in [2.05, 4.69) is 29.2 Å². The van der Waals surface area contributed by atoms with E-state index in [1.807, 2.05) is 36.4 Å². The molecule has 2 aromatic carbocycles. The SMILES string of the molecule is Nc1ccn([C@@]23C[C@H](OCc4ccccc4)[C@@H](COCc4ccccc4)[C@@H]2C3)c(=O)n1. The lowest BCUT2D eigenvalue weighted by Gasteiger charge is -2.24. The number of nitrogen functional groups attached to an aromatic ring is 1. The van der Waals surface area contributed by atoms with Crippen LogP contribution in [-0.4, -0.2) is 22.3 Å². The van der Waals surface area contributed by atoms with Crippen molar-refractivity contribution in [3.8, 4) is 0 Å². The molecule has 1 aromatic heterocycles. The molecule has 5 rings (SSSR count). The van der Waals surface area contributed by atoms with Gasteiger partial charge in [0.25, 0.3) is 0 Å². The maximum atomic E-state index is 12.6. The maximum absolute atomic E-state index is 12.6. The topological polar surface area (TPSA) is 79.4 Å². The van der Waals surface area contributed by atoms with E-state index in [1.165, 1.54) is 0 Å². The van der Waals surface area contributed by atoms with Crippen molar-refractivity contribution < 1.29 is 9.47 Å². The second-order valence-corrected chi connectivity index (χ2v) is 8.62. The largest absolute Gasteiger partial charge is 0.383 e. The maximum Gasteiger partial charge on any atom is 0.350 e. The first kappa shape index (κ1) is 20.0. The van der Waals surface area contributed by atoms with Gasteiger partial charge in [-0.05, 0) is 36.0 Å². The van der Waals surface area contributed by atoms with Gasteiger partial charge in [-0.1, -0.05) is 60.7 Å². The predicted octanol–water partition coefficient (Wildman–Crippen LogP) is 3.36. The van der Waals surface area contributed by atoms with Crippen LogP contribution in [0, 0.1) is 11.8 Å². The number of anilines is 1. The molecule has 2 N–H and O–H groups in total. The minimum atomic E-state index is -0.282. The summed E-state index contributed by atoms with van der Waals surface area (Å²) in [4.78, 5) is 16.5. The normalized spacial score (nSPS) is 26.5. The molecule has 0 bridgehead atoms. The van der Waals surface area contributed by atoms with E-state index in [4.69, 9.17) is 15.2 Å². The summed E-state index contributed by atoms with van der Waals surface area (Å²) in [5, 5.41) is 0. The lowest BCUT2D eigenvalue weighted by atomic mass is 10.0. The zero-order valence-electron chi connectivity index (χ0n) is 17.4. The molecule has 0 aliphatic heterocycles. The van der Waals surface area contributed by atoms with E-state index in [9.17, 15) is 4.79 Å². The molecule has 0 spiro atoms. The third kappa shape index (κ3) is 4.01. The Kier molecular flexibility index (Phi) is 5.34. The van der Waals surface area contributed by atoms with Crippen molar-refractivity contribution in [3.05, 3.63) is 94.5 Å². The van der Waals surface area contributed by atoms with Gasteiger partial charge in [0.05, 0.1) is 31.5 Å².